The molecule has 1 heteroatoms. The number of hydrogen-bond acceptors (Lipinski definition) is 1. The van der Waals surface area contributed by atoms with Crippen LogP contribution >= 0.6 is 0 Å². The van der Waals surface area contributed by atoms with Gasteiger partial charge in [-0.2, -0.15) is 0 Å². The Morgan fingerprint density at radius 3 is 2.83 bits per heavy atom. The zero-order valence-corrected chi connectivity index (χ0v) is 7.33. The molecule has 2 rings (SSSR count). The highest BCUT2D eigenvalue weighted by Gasteiger charge is 2.10. The van der Waals surface area contributed by atoms with E-state index in [1.807, 2.05) is 19.1 Å². The number of aliphatic hydroxyl groups excluding tert-OH is 1. The monoisotopic (exact) mass is 160 g/mol. The van der Waals surface area contributed by atoms with Gasteiger partial charge in [-0.05, 0) is 12.1 Å². The molecule has 0 saturated heterocycles. The number of benzene rings is 1. The molecule has 62 valence electrons. The van der Waals surface area contributed by atoms with Gasteiger partial charge in [0.05, 0.1) is 0 Å². The normalized spacial score (nSPS) is 20.5. The first-order chi connectivity index (χ1) is 5.68. The van der Waals surface area contributed by atoms with Gasteiger partial charge in [0.25, 0.3) is 0 Å². The summed E-state index contributed by atoms with van der Waals surface area (Å²) >= 11 is 0. The van der Waals surface area contributed by atoms with Crippen LogP contribution in [0.25, 0.3) is 11.8 Å². The molecule has 12 heavy (non-hydrogen) atoms. The smallest absolute Gasteiger partial charge is 0.107 e. The lowest BCUT2D eigenvalue weighted by Crippen LogP contribution is -2.22. The van der Waals surface area contributed by atoms with Gasteiger partial charge in [0.2, 0.25) is 0 Å². The number of hydrogen-bond donors (Lipinski definition) is 1. The lowest BCUT2D eigenvalue weighted by molar-refractivity contribution is 0.467. The number of aliphatic hydroxyl groups is 1. The summed E-state index contributed by atoms with van der Waals surface area (Å²) in [7, 11) is 0. The number of rotatable bonds is 0. The zero-order chi connectivity index (χ0) is 8.72. The molecule has 1 aliphatic carbocycles. The summed E-state index contributed by atoms with van der Waals surface area (Å²) in [6.07, 6.45) is 2.09. The van der Waals surface area contributed by atoms with Crippen LogP contribution in [0.1, 0.15) is 12.5 Å². The van der Waals surface area contributed by atoms with E-state index in [-0.39, 0.29) is 5.92 Å². The molecule has 0 heterocycles. The van der Waals surface area contributed by atoms with E-state index >= 15 is 0 Å². The molecule has 1 aliphatic rings. The van der Waals surface area contributed by atoms with Crippen molar-refractivity contribution in [3.8, 4) is 0 Å². The van der Waals surface area contributed by atoms with E-state index < -0.39 is 0 Å². The van der Waals surface area contributed by atoms with Crippen molar-refractivity contribution in [3.05, 3.63) is 34.2 Å². The molecule has 1 aromatic rings. The topological polar surface area (TPSA) is 20.2 Å². The second-order valence-corrected chi connectivity index (χ2v) is 3.43. The largest absolute Gasteiger partial charge is 0.511 e. The molecule has 0 radical (unpaired) electrons. The molecule has 1 atom stereocenters. The van der Waals surface area contributed by atoms with Crippen molar-refractivity contribution in [2.45, 2.75) is 13.8 Å². The summed E-state index contributed by atoms with van der Waals surface area (Å²) in [6.45, 7) is 4.07. The molecule has 1 aromatic carbocycles. The second-order valence-electron chi connectivity index (χ2n) is 3.43. The van der Waals surface area contributed by atoms with Gasteiger partial charge in [0.15, 0.2) is 0 Å². The molecule has 0 bridgehead atoms. The lowest BCUT2D eigenvalue weighted by Gasteiger charge is -1.97. The summed E-state index contributed by atoms with van der Waals surface area (Å²) in [5, 5.41) is 11.8. The van der Waals surface area contributed by atoms with Gasteiger partial charge in [0, 0.05) is 11.1 Å². The van der Waals surface area contributed by atoms with Crippen LogP contribution in [-0.4, -0.2) is 5.11 Å². The maximum absolute atomic E-state index is 9.63. The van der Waals surface area contributed by atoms with Crippen LogP contribution in [0, 0.1) is 12.8 Å². The van der Waals surface area contributed by atoms with Gasteiger partial charge in [-0.25, -0.2) is 0 Å². The van der Waals surface area contributed by atoms with Crippen LogP contribution in [0.5, 0.6) is 0 Å². The molecular formula is C11H12O. The Bertz CT molecular complexity index is 429. The van der Waals surface area contributed by atoms with E-state index in [0.29, 0.717) is 5.76 Å². The molecule has 1 N–H and O–H groups in total. The average molecular weight is 160 g/mol. The predicted molar refractivity (Wildman–Crippen MR) is 50.1 cm³/mol. The van der Waals surface area contributed by atoms with Gasteiger partial charge in [-0.3, -0.25) is 0 Å². The van der Waals surface area contributed by atoms with Crippen LogP contribution in [-0.2, 0) is 0 Å². The van der Waals surface area contributed by atoms with Crippen molar-refractivity contribution >= 4 is 11.8 Å². The Morgan fingerprint density at radius 1 is 1.33 bits per heavy atom. The standard InChI is InChI=1S/C11H12O/c1-7-3-4-10-9(5-7)6-8(2)11(10)12/h3-6,8,12H,1-2H3. The van der Waals surface area contributed by atoms with Gasteiger partial charge >= 0.3 is 0 Å². The fraction of sp³-hybridized carbons (Fsp3) is 0.273. The molecule has 0 saturated carbocycles. The third-order valence-corrected chi connectivity index (χ3v) is 2.34. The Kier molecular flexibility index (Phi) is 1.47. The third-order valence-electron chi connectivity index (χ3n) is 2.34. The highest BCUT2D eigenvalue weighted by atomic mass is 16.3. The first-order valence-electron chi connectivity index (χ1n) is 4.20. The Labute approximate surface area is 71.7 Å². The van der Waals surface area contributed by atoms with E-state index in [1.54, 1.807) is 0 Å². The van der Waals surface area contributed by atoms with Crippen molar-refractivity contribution in [3.63, 3.8) is 0 Å². The van der Waals surface area contributed by atoms with Crippen molar-refractivity contribution in [2.24, 2.45) is 5.92 Å². The summed E-state index contributed by atoms with van der Waals surface area (Å²) in [6, 6.07) is 6.12. The van der Waals surface area contributed by atoms with E-state index in [9.17, 15) is 5.11 Å². The second kappa shape index (κ2) is 2.37. The molecule has 0 aromatic heterocycles. The van der Waals surface area contributed by atoms with Gasteiger partial charge in [-0.15, -0.1) is 0 Å². The van der Waals surface area contributed by atoms with Crippen LogP contribution in [0.3, 0.4) is 0 Å². The van der Waals surface area contributed by atoms with Gasteiger partial charge in [0.1, 0.15) is 5.76 Å². The Balaban J connectivity index is 2.85. The summed E-state index contributed by atoms with van der Waals surface area (Å²) < 4.78 is 0. The summed E-state index contributed by atoms with van der Waals surface area (Å²) in [5.74, 6) is 0.687. The van der Waals surface area contributed by atoms with Crippen LogP contribution in [0.4, 0.5) is 0 Å². The highest BCUT2D eigenvalue weighted by molar-refractivity contribution is 5.56. The first-order valence-corrected chi connectivity index (χ1v) is 4.20. The maximum Gasteiger partial charge on any atom is 0.107 e. The lowest BCUT2D eigenvalue weighted by atomic mass is 10.2. The minimum absolute atomic E-state index is 0.182. The molecule has 0 fully saturated rings. The Morgan fingerprint density at radius 2 is 2.08 bits per heavy atom. The predicted octanol–water partition coefficient (Wildman–Crippen LogP) is 1.09. The average Bonchev–Trinajstić information content (AvgIpc) is 2.28. The fourth-order valence-corrected chi connectivity index (χ4v) is 1.65. The van der Waals surface area contributed by atoms with Crippen LogP contribution in [0.15, 0.2) is 18.2 Å². The highest BCUT2D eigenvalue weighted by Crippen LogP contribution is 2.10. The zero-order valence-electron chi connectivity index (χ0n) is 7.33. The van der Waals surface area contributed by atoms with E-state index in [4.69, 9.17) is 0 Å². The van der Waals surface area contributed by atoms with E-state index in [1.165, 1.54) is 10.8 Å². The Hall–Kier alpha value is -1.24. The van der Waals surface area contributed by atoms with E-state index in [0.717, 1.165) is 5.22 Å². The minimum atomic E-state index is 0.182. The summed E-state index contributed by atoms with van der Waals surface area (Å²) in [5.41, 5.74) is 1.24. The van der Waals surface area contributed by atoms with Crippen LogP contribution in [0.2, 0.25) is 0 Å². The molecular weight excluding hydrogens is 148 g/mol. The molecule has 0 amide bonds. The van der Waals surface area contributed by atoms with Gasteiger partial charge in [-0.1, -0.05) is 36.8 Å². The quantitative estimate of drug-likeness (QED) is 0.602. The third kappa shape index (κ3) is 0.934. The van der Waals surface area contributed by atoms with Crippen molar-refractivity contribution < 1.29 is 5.11 Å². The molecule has 0 aliphatic heterocycles. The number of aryl methyl sites for hydroxylation is 1. The molecule has 1 nitrogen and oxygen atoms in total. The summed E-state index contributed by atoms with van der Waals surface area (Å²) in [4.78, 5) is 0. The van der Waals surface area contributed by atoms with E-state index in [2.05, 4.69) is 19.1 Å². The van der Waals surface area contributed by atoms with Crippen molar-refractivity contribution in [1.29, 1.82) is 0 Å². The number of fused-ring (bicyclic) bond motifs is 1. The maximum atomic E-state index is 9.63. The first kappa shape index (κ1) is 7.41. The molecule has 1 unspecified atom stereocenters. The van der Waals surface area contributed by atoms with Crippen molar-refractivity contribution in [2.75, 3.05) is 0 Å². The minimum Gasteiger partial charge on any atom is -0.511 e. The SMILES string of the molecule is Cc1ccc2c(c1)=CC(C)C=2O. The fourth-order valence-electron chi connectivity index (χ4n) is 1.65. The van der Waals surface area contributed by atoms with Crippen LogP contribution < -0.4 is 10.4 Å². The van der Waals surface area contributed by atoms with Gasteiger partial charge < -0.3 is 5.11 Å². The molecule has 0 spiro atoms. The van der Waals surface area contributed by atoms with Crippen molar-refractivity contribution in [1.82, 2.24) is 0 Å².